The lowest BCUT2D eigenvalue weighted by Crippen LogP contribution is -2.35. The first kappa shape index (κ1) is 13.6. The molecule has 1 fully saturated rings. The Morgan fingerprint density at radius 3 is 2.79 bits per heavy atom. The molecule has 0 aliphatic carbocycles. The highest BCUT2D eigenvalue weighted by Crippen LogP contribution is 2.19. The third kappa shape index (κ3) is 2.95. The topological polar surface area (TPSA) is 49.4 Å². The van der Waals surface area contributed by atoms with Crippen molar-refractivity contribution in [1.82, 2.24) is 4.90 Å². The molecule has 1 heterocycles. The van der Waals surface area contributed by atoms with Crippen LogP contribution in [0.2, 0.25) is 0 Å². The number of rotatable bonds is 5. The number of nitrogens with one attached hydrogen (secondary N) is 1. The van der Waals surface area contributed by atoms with E-state index in [-0.39, 0.29) is 18.2 Å². The monoisotopic (exact) mass is 260 g/mol. The fourth-order valence-electron chi connectivity index (χ4n) is 2.34. The summed E-state index contributed by atoms with van der Waals surface area (Å²) in [5.41, 5.74) is 2.12. The fraction of sp³-hybridized carbons (Fsp3) is 0.467. The van der Waals surface area contributed by atoms with Crippen LogP contribution in [0, 0.1) is 0 Å². The molecule has 0 bridgehead atoms. The summed E-state index contributed by atoms with van der Waals surface area (Å²) in [4.78, 5) is 25.2. The van der Waals surface area contributed by atoms with Crippen LogP contribution in [0.15, 0.2) is 24.3 Å². The number of amides is 2. The van der Waals surface area contributed by atoms with Crippen LogP contribution in [-0.4, -0.2) is 29.3 Å². The van der Waals surface area contributed by atoms with Crippen molar-refractivity contribution in [3.63, 3.8) is 0 Å². The first-order chi connectivity index (χ1) is 9.15. The van der Waals surface area contributed by atoms with E-state index >= 15 is 0 Å². The summed E-state index contributed by atoms with van der Waals surface area (Å²) in [6, 6.07) is 7.56. The summed E-state index contributed by atoms with van der Waals surface area (Å²) in [5.74, 6) is -0.176. The standard InChI is InChI=1S/C15H20N2O2/c1-3-8-17-14(18)10-13(15(17)19)16-12-7-5-6-11(4-2)9-12/h5-7,9,13,16H,3-4,8,10H2,1-2H3. The number of likely N-dealkylation sites (tertiary alicyclic amines) is 1. The van der Waals surface area contributed by atoms with Crippen molar-refractivity contribution < 1.29 is 9.59 Å². The Labute approximate surface area is 113 Å². The van der Waals surface area contributed by atoms with Crippen LogP contribution in [0.25, 0.3) is 0 Å². The quantitative estimate of drug-likeness (QED) is 0.826. The number of carbonyl (C=O) groups excluding carboxylic acids is 2. The predicted molar refractivity (Wildman–Crippen MR) is 74.9 cm³/mol. The average molecular weight is 260 g/mol. The molecule has 1 aromatic carbocycles. The highest BCUT2D eigenvalue weighted by molar-refractivity contribution is 6.06. The normalized spacial score (nSPS) is 19.1. The molecule has 4 nitrogen and oxygen atoms in total. The van der Waals surface area contributed by atoms with Gasteiger partial charge < -0.3 is 5.32 Å². The second kappa shape index (κ2) is 5.87. The van der Waals surface area contributed by atoms with Gasteiger partial charge in [-0.25, -0.2) is 0 Å². The van der Waals surface area contributed by atoms with E-state index < -0.39 is 6.04 Å². The molecule has 2 amide bonds. The van der Waals surface area contributed by atoms with Crippen LogP contribution >= 0.6 is 0 Å². The molecule has 2 rings (SSSR count). The summed E-state index contributed by atoms with van der Waals surface area (Å²) in [6.07, 6.45) is 2.01. The van der Waals surface area contributed by atoms with Crippen molar-refractivity contribution in [2.75, 3.05) is 11.9 Å². The van der Waals surface area contributed by atoms with Gasteiger partial charge in [-0.05, 0) is 30.5 Å². The first-order valence-corrected chi connectivity index (χ1v) is 6.85. The van der Waals surface area contributed by atoms with Gasteiger partial charge in [-0.3, -0.25) is 14.5 Å². The fourth-order valence-corrected chi connectivity index (χ4v) is 2.34. The number of hydrogen-bond acceptors (Lipinski definition) is 3. The molecule has 102 valence electrons. The van der Waals surface area contributed by atoms with Crippen LogP contribution in [0.4, 0.5) is 5.69 Å². The van der Waals surface area contributed by atoms with E-state index in [0.717, 1.165) is 18.5 Å². The Hall–Kier alpha value is -1.84. The Kier molecular flexibility index (Phi) is 4.20. The summed E-state index contributed by atoms with van der Waals surface area (Å²) < 4.78 is 0. The number of benzene rings is 1. The van der Waals surface area contributed by atoms with E-state index in [1.54, 1.807) is 0 Å². The molecule has 1 unspecified atom stereocenters. The number of imide groups is 1. The van der Waals surface area contributed by atoms with Gasteiger partial charge in [0.05, 0.1) is 6.42 Å². The predicted octanol–water partition coefficient (Wildman–Crippen LogP) is 2.20. The zero-order valence-corrected chi connectivity index (χ0v) is 11.5. The minimum Gasteiger partial charge on any atom is -0.373 e. The van der Waals surface area contributed by atoms with Gasteiger partial charge in [0.25, 0.3) is 5.91 Å². The van der Waals surface area contributed by atoms with Gasteiger partial charge in [0.15, 0.2) is 0 Å². The Morgan fingerprint density at radius 1 is 1.32 bits per heavy atom. The zero-order valence-electron chi connectivity index (χ0n) is 11.5. The number of aryl methyl sites for hydroxylation is 1. The van der Waals surface area contributed by atoms with Crippen LogP contribution < -0.4 is 5.32 Å². The molecule has 1 aromatic rings. The number of carbonyl (C=O) groups is 2. The van der Waals surface area contributed by atoms with E-state index in [2.05, 4.69) is 18.3 Å². The Bertz CT molecular complexity index is 485. The lowest BCUT2D eigenvalue weighted by molar-refractivity contribution is -0.138. The van der Waals surface area contributed by atoms with Crippen molar-refractivity contribution in [2.24, 2.45) is 0 Å². The van der Waals surface area contributed by atoms with Gasteiger partial charge in [0.2, 0.25) is 5.91 Å². The molecule has 0 radical (unpaired) electrons. The average Bonchev–Trinajstić information content (AvgIpc) is 2.67. The SMILES string of the molecule is CCCN1C(=O)CC(Nc2cccc(CC)c2)C1=O. The molecule has 19 heavy (non-hydrogen) atoms. The number of hydrogen-bond donors (Lipinski definition) is 1. The molecule has 1 aliphatic rings. The van der Waals surface area contributed by atoms with Gasteiger partial charge in [0, 0.05) is 12.2 Å². The van der Waals surface area contributed by atoms with Crippen LogP contribution in [0.5, 0.6) is 0 Å². The van der Waals surface area contributed by atoms with Crippen molar-refractivity contribution in [2.45, 2.75) is 39.2 Å². The van der Waals surface area contributed by atoms with Gasteiger partial charge in [-0.1, -0.05) is 26.0 Å². The number of anilines is 1. The molecule has 1 saturated heterocycles. The van der Waals surface area contributed by atoms with Gasteiger partial charge in [0.1, 0.15) is 6.04 Å². The maximum atomic E-state index is 12.1. The molecule has 0 saturated carbocycles. The molecule has 4 heteroatoms. The Balaban J connectivity index is 2.07. The van der Waals surface area contributed by atoms with Crippen LogP contribution in [0.3, 0.4) is 0 Å². The zero-order chi connectivity index (χ0) is 13.8. The second-order valence-corrected chi connectivity index (χ2v) is 4.84. The van der Waals surface area contributed by atoms with Crippen molar-refractivity contribution >= 4 is 17.5 Å². The minimum absolute atomic E-state index is 0.0732. The third-order valence-corrected chi connectivity index (χ3v) is 3.37. The molecular weight excluding hydrogens is 240 g/mol. The van der Waals surface area contributed by atoms with E-state index in [1.807, 2.05) is 25.1 Å². The summed E-state index contributed by atoms with van der Waals surface area (Å²) in [5, 5.41) is 3.17. The second-order valence-electron chi connectivity index (χ2n) is 4.84. The van der Waals surface area contributed by atoms with Crippen molar-refractivity contribution in [1.29, 1.82) is 0 Å². The van der Waals surface area contributed by atoms with Crippen molar-refractivity contribution in [3.05, 3.63) is 29.8 Å². The van der Waals surface area contributed by atoms with Gasteiger partial charge >= 0.3 is 0 Å². The molecule has 0 spiro atoms. The lowest BCUT2D eigenvalue weighted by Gasteiger charge is -2.15. The van der Waals surface area contributed by atoms with Gasteiger partial charge in [-0.15, -0.1) is 0 Å². The van der Waals surface area contributed by atoms with Gasteiger partial charge in [-0.2, -0.15) is 0 Å². The maximum Gasteiger partial charge on any atom is 0.252 e. The molecular formula is C15H20N2O2. The van der Waals surface area contributed by atoms with E-state index in [1.165, 1.54) is 10.5 Å². The lowest BCUT2D eigenvalue weighted by atomic mass is 10.1. The highest BCUT2D eigenvalue weighted by Gasteiger charge is 2.37. The van der Waals surface area contributed by atoms with E-state index in [4.69, 9.17) is 0 Å². The molecule has 1 N–H and O–H groups in total. The molecule has 1 atom stereocenters. The summed E-state index contributed by atoms with van der Waals surface area (Å²) >= 11 is 0. The largest absolute Gasteiger partial charge is 0.373 e. The maximum absolute atomic E-state index is 12.1. The number of nitrogens with zero attached hydrogens (tertiary/aromatic N) is 1. The molecule has 0 aromatic heterocycles. The smallest absolute Gasteiger partial charge is 0.252 e. The van der Waals surface area contributed by atoms with Crippen LogP contribution in [-0.2, 0) is 16.0 Å². The Morgan fingerprint density at radius 2 is 2.11 bits per heavy atom. The van der Waals surface area contributed by atoms with E-state index in [9.17, 15) is 9.59 Å². The highest BCUT2D eigenvalue weighted by atomic mass is 16.2. The molecule has 1 aliphatic heterocycles. The summed E-state index contributed by atoms with van der Waals surface area (Å²) in [6.45, 7) is 4.57. The summed E-state index contributed by atoms with van der Waals surface area (Å²) in [7, 11) is 0. The minimum atomic E-state index is -0.411. The first-order valence-electron chi connectivity index (χ1n) is 6.85. The van der Waals surface area contributed by atoms with Crippen LogP contribution in [0.1, 0.15) is 32.3 Å². The van der Waals surface area contributed by atoms with E-state index in [0.29, 0.717) is 6.54 Å². The third-order valence-electron chi connectivity index (χ3n) is 3.37. The van der Waals surface area contributed by atoms with Crippen molar-refractivity contribution in [3.8, 4) is 0 Å².